The molecule has 2 N–H and O–H groups in total. The van der Waals surface area contributed by atoms with E-state index in [1.54, 1.807) is 6.07 Å². The van der Waals surface area contributed by atoms with Crippen molar-refractivity contribution >= 4 is 17.5 Å². The quantitative estimate of drug-likeness (QED) is 0.804. The molecule has 0 bridgehead atoms. The number of nitrogens with two attached hydrogens (primary N) is 1. The summed E-state index contributed by atoms with van der Waals surface area (Å²) >= 11 is 0. The van der Waals surface area contributed by atoms with Gasteiger partial charge in [0, 0.05) is 13.1 Å². The first-order valence-electron chi connectivity index (χ1n) is 5.44. The van der Waals surface area contributed by atoms with Crippen LogP contribution >= 0.6 is 0 Å². The number of hydrogen-bond donors (Lipinski definition) is 1. The van der Waals surface area contributed by atoms with E-state index in [9.17, 15) is 4.79 Å². The predicted octanol–water partition coefficient (Wildman–Crippen LogP) is 1.19. The minimum absolute atomic E-state index is 0.00313. The SMILES string of the molecule is COC(=O)c1cc(N(C)C(C)CC#N)ncc1N. The van der Waals surface area contributed by atoms with Gasteiger partial charge >= 0.3 is 5.97 Å². The fraction of sp³-hybridized carbons (Fsp3) is 0.417. The smallest absolute Gasteiger partial charge is 0.340 e. The summed E-state index contributed by atoms with van der Waals surface area (Å²) in [4.78, 5) is 17.5. The molecule has 96 valence electrons. The lowest BCUT2D eigenvalue weighted by Gasteiger charge is -2.24. The number of methoxy groups -OCH3 is 1. The van der Waals surface area contributed by atoms with E-state index < -0.39 is 5.97 Å². The topological polar surface area (TPSA) is 92.2 Å². The van der Waals surface area contributed by atoms with Crippen molar-refractivity contribution in [3.8, 4) is 6.07 Å². The average molecular weight is 248 g/mol. The molecule has 0 saturated heterocycles. The number of hydrogen-bond acceptors (Lipinski definition) is 6. The molecule has 0 aliphatic carbocycles. The Bertz CT molecular complexity index is 481. The highest BCUT2D eigenvalue weighted by atomic mass is 16.5. The summed E-state index contributed by atoms with van der Waals surface area (Å²) in [6.45, 7) is 1.90. The molecule has 1 rings (SSSR count). The van der Waals surface area contributed by atoms with Crippen LogP contribution in [0.2, 0.25) is 0 Å². The standard InChI is InChI=1S/C12H16N4O2/c1-8(4-5-13)16(2)11-6-9(12(17)18-3)10(14)7-15-11/h6-8H,4,14H2,1-3H3. The molecular formula is C12H16N4O2. The molecule has 1 heterocycles. The Morgan fingerprint density at radius 2 is 2.39 bits per heavy atom. The van der Waals surface area contributed by atoms with E-state index in [4.69, 9.17) is 11.0 Å². The summed E-state index contributed by atoms with van der Waals surface area (Å²) in [5.41, 5.74) is 6.21. The van der Waals surface area contributed by atoms with Gasteiger partial charge in [0.05, 0.1) is 37.0 Å². The second kappa shape index (κ2) is 5.87. The van der Waals surface area contributed by atoms with Crippen LogP contribution in [0.25, 0.3) is 0 Å². The van der Waals surface area contributed by atoms with Crippen LogP contribution in [0.4, 0.5) is 11.5 Å². The lowest BCUT2D eigenvalue weighted by atomic mass is 10.2. The number of pyridine rings is 1. The fourth-order valence-electron chi connectivity index (χ4n) is 1.43. The van der Waals surface area contributed by atoms with Crippen LogP contribution in [-0.4, -0.2) is 31.2 Å². The lowest BCUT2D eigenvalue weighted by Crippen LogP contribution is -2.29. The number of carbonyl (C=O) groups is 1. The number of nitrogens with zero attached hydrogens (tertiary/aromatic N) is 3. The predicted molar refractivity (Wildman–Crippen MR) is 68.1 cm³/mol. The third-order valence-corrected chi connectivity index (χ3v) is 2.73. The van der Waals surface area contributed by atoms with Gasteiger partial charge in [-0.25, -0.2) is 9.78 Å². The van der Waals surface area contributed by atoms with Crippen molar-refractivity contribution in [2.24, 2.45) is 0 Å². The van der Waals surface area contributed by atoms with Crippen LogP contribution in [0.3, 0.4) is 0 Å². The van der Waals surface area contributed by atoms with Crippen molar-refractivity contribution in [1.29, 1.82) is 5.26 Å². The zero-order valence-electron chi connectivity index (χ0n) is 10.7. The zero-order chi connectivity index (χ0) is 13.7. The molecule has 6 heteroatoms. The lowest BCUT2D eigenvalue weighted by molar-refractivity contribution is 0.0602. The highest BCUT2D eigenvalue weighted by molar-refractivity contribution is 5.95. The minimum atomic E-state index is -0.502. The van der Waals surface area contributed by atoms with Gasteiger partial charge in [-0.3, -0.25) is 0 Å². The molecule has 0 amide bonds. The van der Waals surface area contributed by atoms with Crippen LogP contribution in [0.5, 0.6) is 0 Å². The fourth-order valence-corrected chi connectivity index (χ4v) is 1.43. The molecule has 0 aliphatic heterocycles. The molecule has 6 nitrogen and oxygen atoms in total. The Balaban J connectivity index is 3.05. The molecular weight excluding hydrogens is 232 g/mol. The number of nitrogen functional groups attached to an aromatic ring is 1. The van der Waals surface area contributed by atoms with Gasteiger partial charge in [0.15, 0.2) is 0 Å². The Kier molecular flexibility index (Phi) is 4.49. The highest BCUT2D eigenvalue weighted by Crippen LogP contribution is 2.20. The molecule has 0 aromatic carbocycles. The summed E-state index contributed by atoms with van der Waals surface area (Å²) < 4.78 is 4.64. The van der Waals surface area contributed by atoms with Crippen LogP contribution < -0.4 is 10.6 Å². The van der Waals surface area contributed by atoms with Crippen molar-refractivity contribution in [2.45, 2.75) is 19.4 Å². The van der Waals surface area contributed by atoms with Gasteiger partial charge in [-0.2, -0.15) is 5.26 Å². The largest absolute Gasteiger partial charge is 0.465 e. The van der Waals surface area contributed by atoms with Gasteiger partial charge < -0.3 is 15.4 Å². The zero-order valence-corrected chi connectivity index (χ0v) is 10.7. The first-order chi connectivity index (χ1) is 8.51. The summed E-state index contributed by atoms with van der Waals surface area (Å²) in [6, 6.07) is 3.65. The Morgan fingerprint density at radius 3 is 2.94 bits per heavy atom. The molecule has 1 atom stereocenters. The van der Waals surface area contributed by atoms with Crippen molar-refractivity contribution < 1.29 is 9.53 Å². The van der Waals surface area contributed by atoms with Gasteiger partial charge in [-0.05, 0) is 13.0 Å². The molecule has 0 saturated carbocycles. The molecule has 1 aromatic heterocycles. The second-order valence-electron chi connectivity index (χ2n) is 3.94. The molecule has 0 radical (unpaired) electrons. The third-order valence-electron chi connectivity index (χ3n) is 2.73. The number of rotatable bonds is 4. The van der Waals surface area contributed by atoms with E-state index in [-0.39, 0.29) is 17.3 Å². The number of anilines is 2. The third kappa shape index (κ3) is 2.88. The molecule has 18 heavy (non-hydrogen) atoms. The Morgan fingerprint density at radius 1 is 1.72 bits per heavy atom. The summed E-state index contributed by atoms with van der Waals surface area (Å²) in [5.74, 6) is 0.0739. The monoisotopic (exact) mass is 248 g/mol. The van der Waals surface area contributed by atoms with Crippen LogP contribution in [0.1, 0.15) is 23.7 Å². The number of nitriles is 1. The summed E-state index contributed by atoms with van der Waals surface area (Å²) in [6.07, 6.45) is 1.79. The van der Waals surface area contributed by atoms with Gasteiger partial charge in [-0.1, -0.05) is 0 Å². The normalized spacial score (nSPS) is 11.4. The summed E-state index contributed by atoms with van der Waals surface area (Å²) in [7, 11) is 3.10. The van der Waals surface area contributed by atoms with Crippen LogP contribution in [-0.2, 0) is 4.74 Å². The first kappa shape index (κ1) is 13.8. The first-order valence-corrected chi connectivity index (χ1v) is 5.44. The molecule has 1 unspecified atom stereocenters. The maximum Gasteiger partial charge on any atom is 0.340 e. The number of ether oxygens (including phenoxy) is 1. The summed E-state index contributed by atoms with van der Waals surface area (Å²) in [5, 5.41) is 8.67. The van der Waals surface area contributed by atoms with Crippen molar-refractivity contribution in [2.75, 3.05) is 24.8 Å². The Hall–Kier alpha value is -2.29. The van der Waals surface area contributed by atoms with Crippen molar-refractivity contribution in [3.63, 3.8) is 0 Å². The maximum atomic E-state index is 11.5. The van der Waals surface area contributed by atoms with Crippen LogP contribution in [0.15, 0.2) is 12.3 Å². The number of esters is 1. The number of carbonyl (C=O) groups excluding carboxylic acids is 1. The molecule has 0 aliphatic rings. The van der Waals surface area contributed by atoms with Gasteiger partial charge in [0.1, 0.15) is 5.82 Å². The highest BCUT2D eigenvalue weighted by Gasteiger charge is 2.16. The van der Waals surface area contributed by atoms with Crippen molar-refractivity contribution in [3.05, 3.63) is 17.8 Å². The van der Waals surface area contributed by atoms with Gasteiger partial charge in [-0.15, -0.1) is 0 Å². The number of aromatic nitrogens is 1. The second-order valence-corrected chi connectivity index (χ2v) is 3.94. The Labute approximate surface area is 106 Å². The van der Waals surface area contributed by atoms with E-state index in [0.29, 0.717) is 12.2 Å². The van der Waals surface area contributed by atoms with Crippen LogP contribution in [0, 0.1) is 11.3 Å². The minimum Gasteiger partial charge on any atom is -0.465 e. The van der Waals surface area contributed by atoms with Gasteiger partial charge in [0.25, 0.3) is 0 Å². The van der Waals surface area contributed by atoms with Gasteiger partial charge in [0.2, 0.25) is 0 Å². The maximum absolute atomic E-state index is 11.5. The molecule has 0 fully saturated rings. The van der Waals surface area contributed by atoms with E-state index in [1.807, 2.05) is 18.9 Å². The van der Waals surface area contributed by atoms with Crippen molar-refractivity contribution in [1.82, 2.24) is 4.98 Å². The van der Waals surface area contributed by atoms with E-state index in [2.05, 4.69) is 15.8 Å². The van der Waals surface area contributed by atoms with E-state index >= 15 is 0 Å². The molecule has 1 aromatic rings. The molecule has 0 spiro atoms. The van der Waals surface area contributed by atoms with E-state index in [0.717, 1.165) is 0 Å². The average Bonchev–Trinajstić information content (AvgIpc) is 2.38. The van der Waals surface area contributed by atoms with E-state index in [1.165, 1.54) is 13.3 Å².